The molecule has 0 aromatic heterocycles. The van der Waals surface area contributed by atoms with Crippen molar-refractivity contribution in [2.24, 2.45) is 0 Å². The molecule has 2 atom stereocenters. The van der Waals surface area contributed by atoms with Crippen molar-refractivity contribution in [2.75, 3.05) is 0 Å². The van der Waals surface area contributed by atoms with Gasteiger partial charge >= 0.3 is 6.18 Å². The Morgan fingerprint density at radius 1 is 1.39 bits per heavy atom. The molecule has 1 aromatic rings. The molecule has 1 aromatic carbocycles. The Morgan fingerprint density at radius 2 is 2.06 bits per heavy atom. The highest BCUT2D eigenvalue weighted by Crippen LogP contribution is 2.46. The van der Waals surface area contributed by atoms with Crippen molar-refractivity contribution in [3.05, 3.63) is 35.4 Å². The molecule has 0 spiro atoms. The Bertz CT molecular complexity index is 456. The molecule has 0 radical (unpaired) electrons. The lowest BCUT2D eigenvalue weighted by Crippen LogP contribution is -2.25. The van der Waals surface area contributed by atoms with Crippen molar-refractivity contribution >= 4 is 5.91 Å². The molecule has 0 heterocycles. The van der Waals surface area contributed by atoms with Crippen LogP contribution in [0.25, 0.3) is 0 Å². The molecule has 1 aliphatic carbocycles. The van der Waals surface area contributed by atoms with Crippen LogP contribution in [0.4, 0.5) is 13.2 Å². The Labute approximate surface area is 103 Å². The highest BCUT2D eigenvalue weighted by molar-refractivity contribution is 5.76. The number of nitrogens with one attached hydrogen (secondary N) is 1. The summed E-state index contributed by atoms with van der Waals surface area (Å²) >= 11 is 0. The fourth-order valence-corrected chi connectivity index (χ4v) is 2.09. The number of carbonyl (C=O) groups is 1. The first-order valence-corrected chi connectivity index (χ1v) is 5.89. The molecule has 1 saturated carbocycles. The minimum atomic E-state index is -4.33. The second kappa shape index (κ2) is 4.63. The van der Waals surface area contributed by atoms with Gasteiger partial charge in [0.1, 0.15) is 0 Å². The molecule has 2 nitrogen and oxygen atoms in total. The first-order valence-electron chi connectivity index (χ1n) is 5.89. The van der Waals surface area contributed by atoms with Crippen molar-refractivity contribution in [3.63, 3.8) is 0 Å². The van der Waals surface area contributed by atoms with E-state index in [1.54, 1.807) is 13.0 Å². The van der Waals surface area contributed by atoms with Crippen molar-refractivity contribution in [1.82, 2.24) is 5.32 Å². The van der Waals surface area contributed by atoms with Crippen LogP contribution in [0, 0.1) is 0 Å². The summed E-state index contributed by atoms with van der Waals surface area (Å²) in [6.45, 7) is 1.72. The summed E-state index contributed by atoms with van der Waals surface area (Å²) in [6, 6.07) is 5.41. The first kappa shape index (κ1) is 12.9. The summed E-state index contributed by atoms with van der Waals surface area (Å²) in [5.41, 5.74) is -0.311. The van der Waals surface area contributed by atoms with E-state index in [1.807, 2.05) is 0 Å². The van der Waals surface area contributed by atoms with Gasteiger partial charge in [0.25, 0.3) is 0 Å². The molecule has 0 bridgehead atoms. The Kier molecular flexibility index (Phi) is 3.32. The van der Waals surface area contributed by atoms with Crippen LogP contribution in [0.2, 0.25) is 0 Å². The van der Waals surface area contributed by atoms with Crippen LogP contribution in [-0.4, -0.2) is 11.9 Å². The zero-order chi connectivity index (χ0) is 13.3. The molecule has 98 valence electrons. The van der Waals surface area contributed by atoms with Crippen molar-refractivity contribution in [1.29, 1.82) is 0 Å². The number of benzene rings is 1. The topological polar surface area (TPSA) is 29.1 Å². The van der Waals surface area contributed by atoms with Crippen LogP contribution < -0.4 is 5.32 Å². The lowest BCUT2D eigenvalue weighted by molar-refractivity contribution is -0.138. The molecular weight excluding hydrogens is 243 g/mol. The average Bonchev–Trinajstić information content (AvgIpc) is 3.07. The van der Waals surface area contributed by atoms with E-state index in [1.165, 1.54) is 12.1 Å². The third kappa shape index (κ3) is 2.66. The average molecular weight is 257 g/mol. The normalized spacial score (nSPS) is 22.7. The molecule has 0 unspecified atom stereocenters. The molecule has 1 aliphatic rings. The summed E-state index contributed by atoms with van der Waals surface area (Å²) in [4.78, 5) is 11.2. The lowest BCUT2D eigenvalue weighted by atomic mass is 10.0. The molecule has 18 heavy (non-hydrogen) atoms. The van der Waals surface area contributed by atoms with Gasteiger partial charge in [0.2, 0.25) is 5.91 Å². The largest absolute Gasteiger partial charge is 0.416 e. The number of carbonyl (C=O) groups excluding carboxylic acids is 1. The van der Waals surface area contributed by atoms with Crippen LogP contribution in [0.15, 0.2) is 24.3 Å². The second-order valence-corrected chi connectivity index (χ2v) is 4.45. The maximum absolute atomic E-state index is 12.8. The zero-order valence-electron chi connectivity index (χ0n) is 9.92. The van der Waals surface area contributed by atoms with Crippen LogP contribution in [0.5, 0.6) is 0 Å². The van der Waals surface area contributed by atoms with E-state index >= 15 is 0 Å². The molecule has 0 saturated heterocycles. The van der Waals surface area contributed by atoms with Gasteiger partial charge in [0.05, 0.1) is 5.56 Å². The predicted octanol–water partition coefficient (Wildman–Crippen LogP) is 3.09. The smallest absolute Gasteiger partial charge is 0.353 e. The SMILES string of the molecule is CCC(=O)N[C@@H]1C[C@H]1c1ccccc1C(F)(F)F. The number of halogens is 3. The quantitative estimate of drug-likeness (QED) is 0.885. The molecule has 1 N–H and O–H groups in total. The van der Waals surface area contributed by atoms with Gasteiger partial charge in [-0.05, 0) is 18.1 Å². The van der Waals surface area contributed by atoms with E-state index < -0.39 is 11.7 Å². The number of rotatable bonds is 3. The van der Waals surface area contributed by atoms with Gasteiger partial charge in [-0.15, -0.1) is 0 Å². The van der Waals surface area contributed by atoms with Crippen LogP contribution >= 0.6 is 0 Å². The van der Waals surface area contributed by atoms with Crippen LogP contribution in [0.3, 0.4) is 0 Å². The van der Waals surface area contributed by atoms with E-state index in [-0.39, 0.29) is 23.4 Å². The van der Waals surface area contributed by atoms with Gasteiger partial charge in [0, 0.05) is 18.4 Å². The highest BCUT2D eigenvalue weighted by atomic mass is 19.4. The predicted molar refractivity (Wildman–Crippen MR) is 61.0 cm³/mol. The Hall–Kier alpha value is -1.52. The summed E-state index contributed by atoms with van der Waals surface area (Å²) in [5.74, 6) is -0.328. The Morgan fingerprint density at radius 3 is 2.67 bits per heavy atom. The van der Waals surface area contributed by atoms with E-state index in [4.69, 9.17) is 0 Å². The van der Waals surface area contributed by atoms with Gasteiger partial charge in [-0.2, -0.15) is 13.2 Å². The number of alkyl halides is 3. The van der Waals surface area contributed by atoms with E-state index in [0.717, 1.165) is 6.07 Å². The highest BCUT2D eigenvalue weighted by Gasteiger charge is 2.44. The maximum atomic E-state index is 12.8. The molecule has 2 rings (SSSR count). The minimum Gasteiger partial charge on any atom is -0.353 e. The van der Waals surface area contributed by atoms with Gasteiger partial charge in [-0.25, -0.2) is 0 Å². The van der Waals surface area contributed by atoms with Crippen molar-refractivity contribution in [2.45, 2.75) is 37.9 Å². The standard InChI is InChI=1S/C13H14F3NO/c1-2-12(18)17-11-7-9(11)8-5-3-4-6-10(8)13(14,15)16/h3-6,9,11H,2,7H2,1H3,(H,17,18)/t9-,11+/m0/s1. The fourth-order valence-electron chi connectivity index (χ4n) is 2.09. The summed E-state index contributed by atoms with van der Waals surface area (Å²) in [6.07, 6.45) is -3.40. The molecule has 1 fully saturated rings. The van der Waals surface area contributed by atoms with Gasteiger partial charge in [0.15, 0.2) is 0 Å². The second-order valence-electron chi connectivity index (χ2n) is 4.45. The van der Waals surface area contributed by atoms with Gasteiger partial charge < -0.3 is 5.32 Å². The molecular formula is C13H14F3NO. The third-order valence-corrected chi connectivity index (χ3v) is 3.12. The number of hydrogen-bond acceptors (Lipinski definition) is 1. The monoisotopic (exact) mass is 257 g/mol. The van der Waals surface area contributed by atoms with E-state index in [0.29, 0.717) is 12.8 Å². The van der Waals surface area contributed by atoms with Gasteiger partial charge in [-0.1, -0.05) is 25.1 Å². The van der Waals surface area contributed by atoms with E-state index in [9.17, 15) is 18.0 Å². The van der Waals surface area contributed by atoms with Crippen molar-refractivity contribution < 1.29 is 18.0 Å². The maximum Gasteiger partial charge on any atom is 0.416 e. The summed E-state index contributed by atoms with van der Waals surface area (Å²) in [5, 5.41) is 2.72. The molecule has 0 aliphatic heterocycles. The summed E-state index contributed by atoms with van der Waals surface area (Å²) < 4.78 is 38.4. The first-order chi connectivity index (χ1) is 8.43. The Balaban J connectivity index is 2.14. The van der Waals surface area contributed by atoms with Crippen LogP contribution in [-0.2, 0) is 11.0 Å². The van der Waals surface area contributed by atoms with Gasteiger partial charge in [-0.3, -0.25) is 4.79 Å². The lowest BCUT2D eigenvalue weighted by Gasteiger charge is -2.12. The number of hydrogen-bond donors (Lipinski definition) is 1. The third-order valence-electron chi connectivity index (χ3n) is 3.12. The minimum absolute atomic E-state index is 0.119. The summed E-state index contributed by atoms with van der Waals surface area (Å²) in [7, 11) is 0. The molecule has 5 heteroatoms. The zero-order valence-corrected chi connectivity index (χ0v) is 9.92. The fraction of sp³-hybridized carbons (Fsp3) is 0.462. The van der Waals surface area contributed by atoms with Crippen molar-refractivity contribution in [3.8, 4) is 0 Å². The number of amides is 1. The van der Waals surface area contributed by atoms with Crippen LogP contribution in [0.1, 0.15) is 36.8 Å². The molecule has 1 amide bonds. The van der Waals surface area contributed by atoms with E-state index in [2.05, 4.69) is 5.32 Å².